The van der Waals surface area contributed by atoms with Gasteiger partial charge in [0.15, 0.2) is 5.82 Å². The Morgan fingerprint density at radius 1 is 1.62 bits per heavy atom. The zero-order valence-corrected chi connectivity index (χ0v) is 7.85. The lowest BCUT2D eigenvalue weighted by Crippen LogP contribution is -2.13. The topological polar surface area (TPSA) is 43.6 Å². The molecule has 1 aliphatic carbocycles. The first kappa shape index (κ1) is 8.41. The third kappa shape index (κ3) is 1.61. The Balaban J connectivity index is 2.23. The van der Waals surface area contributed by atoms with Crippen molar-refractivity contribution in [2.24, 2.45) is 0 Å². The van der Waals surface area contributed by atoms with Crippen molar-refractivity contribution in [1.82, 2.24) is 20.2 Å². The molecule has 0 bridgehead atoms. The Labute approximate surface area is 77.6 Å². The molecule has 4 nitrogen and oxygen atoms in total. The van der Waals surface area contributed by atoms with Crippen molar-refractivity contribution >= 4 is 0 Å². The molecule has 2 rings (SSSR count). The number of aryl methyl sites for hydroxylation is 1. The van der Waals surface area contributed by atoms with Gasteiger partial charge in [0.1, 0.15) is 0 Å². The van der Waals surface area contributed by atoms with Gasteiger partial charge in [0.2, 0.25) is 0 Å². The van der Waals surface area contributed by atoms with E-state index in [2.05, 4.69) is 34.6 Å². The van der Waals surface area contributed by atoms with Gasteiger partial charge in [-0.1, -0.05) is 19.1 Å². The zero-order chi connectivity index (χ0) is 9.10. The maximum atomic E-state index is 4.02. The number of rotatable bonds is 2. The zero-order valence-electron chi connectivity index (χ0n) is 7.85. The van der Waals surface area contributed by atoms with Crippen molar-refractivity contribution < 1.29 is 0 Å². The molecule has 1 atom stereocenters. The van der Waals surface area contributed by atoms with Gasteiger partial charge in [-0.25, -0.2) is 4.68 Å². The summed E-state index contributed by atoms with van der Waals surface area (Å²) >= 11 is 0. The van der Waals surface area contributed by atoms with E-state index in [1.807, 2.05) is 4.68 Å². The molecule has 0 saturated heterocycles. The standard InChI is InChI=1S/C9H14N4/c1-2-9-10-11-12-13(9)8-6-4-3-5-7-8/h4,6,8H,2-3,5,7H2,1H3. The summed E-state index contributed by atoms with van der Waals surface area (Å²) in [4.78, 5) is 0. The van der Waals surface area contributed by atoms with Gasteiger partial charge in [0, 0.05) is 6.42 Å². The molecule has 0 aromatic carbocycles. The SMILES string of the molecule is CCc1nnnn1C1C=CCCC1. The summed E-state index contributed by atoms with van der Waals surface area (Å²) in [7, 11) is 0. The third-order valence-electron chi connectivity index (χ3n) is 2.42. The Bertz CT molecular complexity index is 302. The Morgan fingerprint density at radius 3 is 3.23 bits per heavy atom. The van der Waals surface area contributed by atoms with Crippen LogP contribution < -0.4 is 0 Å². The molecule has 13 heavy (non-hydrogen) atoms. The van der Waals surface area contributed by atoms with Crippen LogP contribution in [-0.4, -0.2) is 20.2 Å². The van der Waals surface area contributed by atoms with Gasteiger partial charge in [-0.05, 0) is 29.7 Å². The Kier molecular flexibility index (Phi) is 2.38. The lowest BCUT2D eigenvalue weighted by atomic mass is 10.0. The highest BCUT2D eigenvalue weighted by molar-refractivity contribution is 4.98. The number of hydrogen-bond donors (Lipinski definition) is 0. The maximum absolute atomic E-state index is 4.02. The lowest BCUT2D eigenvalue weighted by molar-refractivity contribution is 0.449. The van der Waals surface area contributed by atoms with Gasteiger partial charge >= 0.3 is 0 Å². The van der Waals surface area contributed by atoms with Crippen molar-refractivity contribution in [1.29, 1.82) is 0 Å². The predicted molar refractivity (Wildman–Crippen MR) is 49.2 cm³/mol. The minimum atomic E-state index is 0.388. The fourth-order valence-corrected chi connectivity index (χ4v) is 1.70. The highest BCUT2D eigenvalue weighted by Gasteiger charge is 2.14. The molecule has 4 heteroatoms. The van der Waals surface area contributed by atoms with Crippen LogP contribution in [0.25, 0.3) is 0 Å². The van der Waals surface area contributed by atoms with Crippen molar-refractivity contribution in [2.45, 2.75) is 38.6 Å². The van der Waals surface area contributed by atoms with Gasteiger partial charge in [-0.3, -0.25) is 0 Å². The van der Waals surface area contributed by atoms with Crippen molar-refractivity contribution in [3.8, 4) is 0 Å². The van der Waals surface area contributed by atoms with E-state index in [9.17, 15) is 0 Å². The van der Waals surface area contributed by atoms with E-state index >= 15 is 0 Å². The first-order valence-electron chi connectivity index (χ1n) is 4.85. The van der Waals surface area contributed by atoms with Crippen LogP contribution in [0.15, 0.2) is 12.2 Å². The first-order chi connectivity index (χ1) is 6.42. The van der Waals surface area contributed by atoms with Crippen LogP contribution in [0.2, 0.25) is 0 Å². The summed E-state index contributed by atoms with van der Waals surface area (Å²) in [6.07, 6.45) is 8.92. The van der Waals surface area contributed by atoms with Gasteiger partial charge < -0.3 is 0 Å². The molecule has 0 radical (unpaired) electrons. The van der Waals surface area contributed by atoms with Crippen LogP contribution in [0.3, 0.4) is 0 Å². The van der Waals surface area contributed by atoms with E-state index in [-0.39, 0.29) is 0 Å². The van der Waals surface area contributed by atoms with Crippen LogP contribution >= 0.6 is 0 Å². The third-order valence-corrected chi connectivity index (χ3v) is 2.42. The van der Waals surface area contributed by atoms with E-state index in [1.54, 1.807) is 0 Å². The Hall–Kier alpha value is -1.19. The number of tetrazole rings is 1. The smallest absolute Gasteiger partial charge is 0.151 e. The molecule has 0 spiro atoms. The highest BCUT2D eigenvalue weighted by atomic mass is 15.5. The lowest BCUT2D eigenvalue weighted by Gasteiger charge is -2.16. The fraction of sp³-hybridized carbons (Fsp3) is 0.667. The van der Waals surface area contributed by atoms with E-state index in [0.29, 0.717) is 6.04 Å². The van der Waals surface area contributed by atoms with Crippen LogP contribution in [0.5, 0.6) is 0 Å². The molecule has 1 aliphatic rings. The van der Waals surface area contributed by atoms with Crippen molar-refractivity contribution in [3.63, 3.8) is 0 Å². The summed E-state index contributed by atoms with van der Waals surface area (Å²) in [5, 5.41) is 11.7. The number of aromatic nitrogens is 4. The van der Waals surface area contributed by atoms with Gasteiger partial charge in [-0.2, -0.15) is 0 Å². The van der Waals surface area contributed by atoms with E-state index in [0.717, 1.165) is 18.7 Å². The minimum Gasteiger partial charge on any atom is -0.223 e. The van der Waals surface area contributed by atoms with E-state index in [4.69, 9.17) is 0 Å². The summed E-state index contributed by atoms with van der Waals surface area (Å²) in [5.41, 5.74) is 0. The van der Waals surface area contributed by atoms with Crippen LogP contribution in [-0.2, 0) is 6.42 Å². The Morgan fingerprint density at radius 2 is 2.54 bits per heavy atom. The molecular weight excluding hydrogens is 164 g/mol. The molecule has 1 unspecified atom stereocenters. The molecule has 1 aromatic rings. The minimum absolute atomic E-state index is 0.388. The normalized spacial score (nSPS) is 22.1. The summed E-state index contributed by atoms with van der Waals surface area (Å²) < 4.78 is 1.94. The molecule has 1 heterocycles. The number of hydrogen-bond acceptors (Lipinski definition) is 3. The van der Waals surface area contributed by atoms with Gasteiger partial charge in [0.25, 0.3) is 0 Å². The highest BCUT2D eigenvalue weighted by Crippen LogP contribution is 2.21. The average Bonchev–Trinajstić information content (AvgIpc) is 2.67. The summed E-state index contributed by atoms with van der Waals surface area (Å²) in [6, 6.07) is 0.388. The van der Waals surface area contributed by atoms with Crippen LogP contribution in [0.4, 0.5) is 0 Å². The van der Waals surface area contributed by atoms with Crippen molar-refractivity contribution in [3.05, 3.63) is 18.0 Å². The summed E-state index contributed by atoms with van der Waals surface area (Å²) in [6.45, 7) is 2.08. The van der Waals surface area contributed by atoms with Crippen LogP contribution in [0.1, 0.15) is 38.1 Å². The second-order valence-corrected chi connectivity index (χ2v) is 3.32. The molecule has 0 amide bonds. The van der Waals surface area contributed by atoms with Crippen LogP contribution in [0, 0.1) is 0 Å². The quantitative estimate of drug-likeness (QED) is 0.645. The molecule has 1 aromatic heterocycles. The second-order valence-electron chi connectivity index (χ2n) is 3.32. The van der Waals surface area contributed by atoms with E-state index < -0.39 is 0 Å². The largest absolute Gasteiger partial charge is 0.223 e. The van der Waals surface area contributed by atoms with Gasteiger partial charge in [-0.15, -0.1) is 5.10 Å². The molecule has 0 saturated carbocycles. The van der Waals surface area contributed by atoms with Gasteiger partial charge in [0.05, 0.1) is 6.04 Å². The van der Waals surface area contributed by atoms with E-state index in [1.165, 1.54) is 12.8 Å². The fourth-order valence-electron chi connectivity index (χ4n) is 1.70. The molecule has 70 valence electrons. The second kappa shape index (κ2) is 3.68. The number of allylic oxidation sites excluding steroid dienone is 2. The molecular formula is C9H14N4. The maximum Gasteiger partial charge on any atom is 0.151 e. The average molecular weight is 178 g/mol. The summed E-state index contributed by atoms with van der Waals surface area (Å²) in [5.74, 6) is 0.983. The van der Waals surface area contributed by atoms with Crippen molar-refractivity contribution in [2.75, 3.05) is 0 Å². The molecule has 0 fully saturated rings. The predicted octanol–water partition coefficient (Wildman–Crippen LogP) is 1.52. The molecule has 0 N–H and O–H groups in total. The monoisotopic (exact) mass is 178 g/mol. The molecule has 0 aliphatic heterocycles. The first-order valence-corrected chi connectivity index (χ1v) is 4.85. The number of nitrogens with zero attached hydrogens (tertiary/aromatic N) is 4.